The third-order valence-corrected chi connectivity index (χ3v) is 12.5. The van der Waals surface area contributed by atoms with Crippen LogP contribution in [0.3, 0.4) is 0 Å². The molecule has 2 heterocycles. The molecule has 2 aromatic heterocycles. The molecule has 0 N–H and O–H groups in total. The van der Waals surface area contributed by atoms with Crippen molar-refractivity contribution in [1.82, 2.24) is 19.9 Å². The smallest absolute Gasteiger partial charge is 0.160 e. The molecule has 0 aliphatic carbocycles. The molecule has 12 aromatic rings. The Balaban J connectivity index is 0.924. The van der Waals surface area contributed by atoms with Gasteiger partial charge in [0.25, 0.3) is 0 Å². The molecule has 0 saturated carbocycles. The van der Waals surface area contributed by atoms with Gasteiger partial charge in [-0.25, -0.2) is 19.9 Å². The average molecular weight is 841 g/mol. The lowest BCUT2D eigenvalue weighted by atomic mass is 9.93. The highest BCUT2D eigenvalue weighted by Crippen LogP contribution is 2.40. The summed E-state index contributed by atoms with van der Waals surface area (Å²) < 4.78 is 0. The summed E-state index contributed by atoms with van der Waals surface area (Å²) in [6.07, 6.45) is 0. The lowest BCUT2D eigenvalue weighted by Crippen LogP contribution is -1.98. The first-order chi connectivity index (χ1) is 32.7. The monoisotopic (exact) mass is 840 g/mol. The highest BCUT2D eigenvalue weighted by atomic mass is 14.9. The van der Waals surface area contributed by atoms with Crippen LogP contribution in [0.25, 0.3) is 122 Å². The molecule has 0 aliphatic heterocycles. The van der Waals surface area contributed by atoms with E-state index in [2.05, 4.69) is 231 Å². The fourth-order valence-corrected chi connectivity index (χ4v) is 9.18. The van der Waals surface area contributed by atoms with E-state index >= 15 is 0 Å². The van der Waals surface area contributed by atoms with Gasteiger partial charge in [-0.1, -0.05) is 218 Å². The van der Waals surface area contributed by atoms with Gasteiger partial charge in [0.15, 0.2) is 11.6 Å². The van der Waals surface area contributed by atoms with Gasteiger partial charge in [0, 0.05) is 33.0 Å². The Labute approximate surface area is 383 Å². The van der Waals surface area contributed by atoms with Crippen LogP contribution in [0.2, 0.25) is 0 Å². The highest BCUT2D eigenvalue weighted by Gasteiger charge is 2.19. The van der Waals surface area contributed by atoms with Gasteiger partial charge in [-0.3, -0.25) is 0 Å². The van der Waals surface area contributed by atoms with E-state index in [9.17, 15) is 0 Å². The second-order valence-electron chi connectivity index (χ2n) is 16.6. The number of fused-ring (bicyclic) bond motifs is 3. The van der Waals surface area contributed by atoms with Crippen LogP contribution < -0.4 is 0 Å². The summed E-state index contributed by atoms with van der Waals surface area (Å²) >= 11 is 0. The van der Waals surface area contributed by atoms with Gasteiger partial charge in [0.1, 0.15) is 0 Å². The summed E-state index contributed by atoms with van der Waals surface area (Å²) in [5.41, 5.74) is 17.0. The van der Waals surface area contributed by atoms with Crippen molar-refractivity contribution in [2.75, 3.05) is 0 Å². The van der Waals surface area contributed by atoms with Crippen molar-refractivity contribution in [3.05, 3.63) is 243 Å². The molecule has 0 fully saturated rings. The van der Waals surface area contributed by atoms with E-state index in [1.54, 1.807) is 0 Å². The Morgan fingerprint density at radius 3 is 0.894 bits per heavy atom. The van der Waals surface area contributed by atoms with E-state index in [-0.39, 0.29) is 0 Å². The van der Waals surface area contributed by atoms with E-state index in [1.807, 2.05) is 12.1 Å². The zero-order valence-corrected chi connectivity index (χ0v) is 35.9. The first-order valence-corrected chi connectivity index (χ1v) is 22.3. The summed E-state index contributed by atoms with van der Waals surface area (Å²) in [5, 5.41) is 4.17. The first kappa shape index (κ1) is 38.8. The SMILES string of the molecule is c1ccc(-c2cccc(-c3ccc(-c4nc(-c5ccc(-c6nc(-c7ccc(-c8cccc(-c9ccccc9)c8)cc7)nc7ccccc67)c6ccccc56)c5ccccc5n4)cc3)c2)cc1. The van der Waals surface area contributed by atoms with Crippen LogP contribution in [0, 0.1) is 0 Å². The van der Waals surface area contributed by atoms with Gasteiger partial charge in [0.2, 0.25) is 0 Å². The van der Waals surface area contributed by atoms with Crippen LogP contribution >= 0.6 is 0 Å². The van der Waals surface area contributed by atoms with Crippen molar-refractivity contribution < 1.29 is 0 Å². The maximum absolute atomic E-state index is 5.37. The standard InChI is InChI=1S/C62H40N4/c1-3-15-41(16-4-1)47-19-13-21-49(39-47)43-29-33-45(34-30-43)61-63-57-27-11-9-25-55(57)59(65-61)53-37-38-54(52-24-8-7-23-51(52)53)60-56-26-10-12-28-58(56)64-62(66-60)46-35-31-44(32-36-46)50-22-14-20-48(40-50)42-17-5-2-6-18-42/h1-40H. The zero-order chi connectivity index (χ0) is 43.8. The molecule has 12 rings (SSSR count). The predicted molar refractivity (Wildman–Crippen MR) is 274 cm³/mol. The molecule has 0 spiro atoms. The summed E-state index contributed by atoms with van der Waals surface area (Å²) in [6, 6.07) is 85.2. The molecule has 10 aromatic carbocycles. The Morgan fingerprint density at radius 1 is 0.197 bits per heavy atom. The number of hydrogen-bond donors (Lipinski definition) is 0. The Hall–Kier alpha value is -8.86. The molecule has 0 bridgehead atoms. The largest absolute Gasteiger partial charge is 0.228 e. The van der Waals surface area contributed by atoms with Crippen molar-refractivity contribution >= 4 is 32.6 Å². The van der Waals surface area contributed by atoms with Gasteiger partial charge in [-0.05, 0) is 79.5 Å². The second-order valence-corrected chi connectivity index (χ2v) is 16.6. The van der Waals surface area contributed by atoms with Crippen LogP contribution in [0.1, 0.15) is 0 Å². The van der Waals surface area contributed by atoms with Gasteiger partial charge in [-0.2, -0.15) is 0 Å². The van der Waals surface area contributed by atoms with Crippen molar-refractivity contribution in [3.63, 3.8) is 0 Å². The summed E-state index contributed by atoms with van der Waals surface area (Å²) in [5.74, 6) is 1.37. The quantitative estimate of drug-likeness (QED) is 0.153. The Bertz CT molecular complexity index is 3480. The van der Waals surface area contributed by atoms with Gasteiger partial charge in [-0.15, -0.1) is 0 Å². The lowest BCUT2D eigenvalue weighted by molar-refractivity contribution is 1.23. The van der Waals surface area contributed by atoms with Crippen LogP contribution in [-0.2, 0) is 0 Å². The number of nitrogens with zero attached hydrogens (tertiary/aromatic N) is 4. The number of rotatable bonds is 8. The van der Waals surface area contributed by atoms with Crippen LogP contribution in [-0.4, -0.2) is 19.9 Å². The summed E-state index contributed by atoms with van der Waals surface area (Å²) in [4.78, 5) is 21.0. The van der Waals surface area contributed by atoms with E-state index in [0.29, 0.717) is 11.6 Å². The van der Waals surface area contributed by atoms with E-state index < -0.39 is 0 Å². The molecular weight excluding hydrogens is 801 g/mol. The maximum Gasteiger partial charge on any atom is 0.160 e. The van der Waals surface area contributed by atoms with Gasteiger partial charge in [0.05, 0.1) is 22.4 Å². The fraction of sp³-hybridized carbons (Fsp3) is 0. The highest BCUT2D eigenvalue weighted by molar-refractivity contribution is 6.10. The number of aromatic nitrogens is 4. The second kappa shape index (κ2) is 16.7. The molecule has 308 valence electrons. The van der Waals surface area contributed by atoms with Crippen molar-refractivity contribution in [2.24, 2.45) is 0 Å². The first-order valence-electron chi connectivity index (χ1n) is 22.3. The summed E-state index contributed by atoms with van der Waals surface area (Å²) in [7, 11) is 0. The van der Waals surface area contributed by atoms with Crippen LogP contribution in [0.5, 0.6) is 0 Å². The van der Waals surface area contributed by atoms with Crippen molar-refractivity contribution in [3.8, 4) is 89.8 Å². The molecule has 4 nitrogen and oxygen atoms in total. The third-order valence-electron chi connectivity index (χ3n) is 12.5. The Morgan fingerprint density at radius 2 is 0.500 bits per heavy atom. The number of benzene rings is 10. The zero-order valence-electron chi connectivity index (χ0n) is 35.9. The van der Waals surface area contributed by atoms with Gasteiger partial charge >= 0.3 is 0 Å². The van der Waals surface area contributed by atoms with Crippen LogP contribution in [0.4, 0.5) is 0 Å². The predicted octanol–water partition coefficient (Wildman–Crippen LogP) is 16.1. The molecule has 0 amide bonds. The molecule has 0 saturated heterocycles. The molecule has 0 aliphatic rings. The molecular formula is C62H40N4. The third kappa shape index (κ3) is 7.27. The van der Waals surface area contributed by atoms with Crippen molar-refractivity contribution in [2.45, 2.75) is 0 Å². The number of hydrogen-bond acceptors (Lipinski definition) is 4. The van der Waals surface area contributed by atoms with Crippen molar-refractivity contribution in [1.29, 1.82) is 0 Å². The lowest BCUT2D eigenvalue weighted by Gasteiger charge is -2.16. The Kier molecular flexibility index (Phi) is 9.81. The molecule has 66 heavy (non-hydrogen) atoms. The molecule has 0 unspecified atom stereocenters. The normalized spacial score (nSPS) is 11.3. The van der Waals surface area contributed by atoms with Gasteiger partial charge < -0.3 is 0 Å². The van der Waals surface area contributed by atoms with E-state index in [1.165, 1.54) is 22.3 Å². The van der Waals surface area contributed by atoms with E-state index in [4.69, 9.17) is 19.9 Å². The number of para-hydroxylation sites is 2. The molecule has 0 atom stereocenters. The maximum atomic E-state index is 5.37. The minimum Gasteiger partial charge on any atom is -0.228 e. The topological polar surface area (TPSA) is 51.6 Å². The average Bonchev–Trinajstić information content (AvgIpc) is 3.40. The minimum atomic E-state index is 0.683. The molecule has 4 heteroatoms. The fourth-order valence-electron chi connectivity index (χ4n) is 9.18. The molecule has 0 radical (unpaired) electrons. The van der Waals surface area contributed by atoms with Crippen LogP contribution in [0.15, 0.2) is 243 Å². The minimum absolute atomic E-state index is 0.683. The van der Waals surface area contributed by atoms with E-state index in [0.717, 1.165) is 88.5 Å². The summed E-state index contributed by atoms with van der Waals surface area (Å²) in [6.45, 7) is 0.